The van der Waals surface area contributed by atoms with Gasteiger partial charge in [0.2, 0.25) is 5.91 Å². The highest BCUT2D eigenvalue weighted by molar-refractivity contribution is 5.78. The van der Waals surface area contributed by atoms with Crippen LogP contribution in [0.5, 0.6) is 0 Å². The maximum absolute atomic E-state index is 11.6. The van der Waals surface area contributed by atoms with E-state index >= 15 is 0 Å². The topological polar surface area (TPSA) is 70.7 Å². The SMILES string of the molecule is CC(C)C(C)C(=O)NCCc1ncn[nH]1. The van der Waals surface area contributed by atoms with Gasteiger partial charge in [-0.1, -0.05) is 20.8 Å². The molecule has 0 saturated carbocycles. The first-order chi connectivity index (χ1) is 7.11. The van der Waals surface area contributed by atoms with Gasteiger partial charge in [-0.25, -0.2) is 4.98 Å². The van der Waals surface area contributed by atoms with Gasteiger partial charge in [-0.3, -0.25) is 9.89 Å². The fourth-order valence-electron chi connectivity index (χ4n) is 1.12. The van der Waals surface area contributed by atoms with Crippen LogP contribution in [0, 0.1) is 11.8 Å². The summed E-state index contributed by atoms with van der Waals surface area (Å²) in [6.45, 7) is 6.63. The van der Waals surface area contributed by atoms with Gasteiger partial charge >= 0.3 is 0 Å². The molecule has 0 fully saturated rings. The Labute approximate surface area is 89.7 Å². The first-order valence-corrected chi connectivity index (χ1v) is 5.23. The van der Waals surface area contributed by atoms with Crippen LogP contribution in [-0.4, -0.2) is 27.6 Å². The van der Waals surface area contributed by atoms with E-state index in [0.717, 1.165) is 5.82 Å². The number of aromatic amines is 1. The molecule has 5 heteroatoms. The standard InChI is InChI=1S/C10H18N4O/c1-7(2)8(3)10(15)11-5-4-9-12-6-13-14-9/h6-8H,4-5H2,1-3H3,(H,11,15)(H,12,13,14). The van der Waals surface area contributed by atoms with E-state index < -0.39 is 0 Å². The lowest BCUT2D eigenvalue weighted by Gasteiger charge is -2.14. The summed E-state index contributed by atoms with van der Waals surface area (Å²) in [5.41, 5.74) is 0. The molecule has 0 bridgehead atoms. The number of carbonyl (C=O) groups excluding carboxylic acids is 1. The molecule has 84 valence electrons. The molecule has 0 aliphatic rings. The fourth-order valence-corrected chi connectivity index (χ4v) is 1.12. The van der Waals surface area contributed by atoms with E-state index in [1.165, 1.54) is 6.33 Å². The minimum Gasteiger partial charge on any atom is -0.355 e. The summed E-state index contributed by atoms with van der Waals surface area (Å²) in [4.78, 5) is 15.5. The van der Waals surface area contributed by atoms with E-state index in [2.05, 4.69) is 20.5 Å². The zero-order valence-electron chi connectivity index (χ0n) is 9.45. The van der Waals surface area contributed by atoms with Crippen molar-refractivity contribution < 1.29 is 4.79 Å². The molecule has 1 aromatic rings. The Hall–Kier alpha value is -1.39. The van der Waals surface area contributed by atoms with Crippen molar-refractivity contribution in [3.05, 3.63) is 12.2 Å². The first kappa shape index (κ1) is 11.7. The molecule has 5 nitrogen and oxygen atoms in total. The van der Waals surface area contributed by atoms with E-state index in [-0.39, 0.29) is 11.8 Å². The Morgan fingerprint density at radius 2 is 2.27 bits per heavy atom. The van der Waals surface area contributed by atoms with Crippen LogP contribution in [-0.2, 0) is 11.2 Å². The number of carbonyl (C=O) groups is 1. The average molecular weight is 210 g/mol. The second kappa shape index (κ2) is 5.48. The van der Waals surface area contributed by atoms with Crippen LogP contribution < -0.4 is 5.32 Å². The molecule has 1 rings (SSSR count). The monoisotopic (exact) mass is 210 g/mol. The van der Waals surface area contributed by atoms with Crippen LogP contribution in [0.4, 0.5) is 0 Å². The van der Waals surface area contributed by atoms with Gasteiger partial charge in [0.1, 0.15) is 12.2 Å². The summed E-state index contributed by atoms with van der Waals surface area (Å²) in [5, 5.41) is 9.36. The van der Waals surface area contributed by atoms with Crippen molar-refractivity contribution in [3.63, 3.8) is 0 Å². The number of nitrogens with zero attached hydrogens (tertiary/aromatic N) is 2. The number of H-pyrrole nitrogens is 1. The van der Waals surface area contributed by atoms with Crippen molar-refractivity contribution in [1.29, 1.82) is 0 Å². The first-order valence-electron chi connectivity index (χ1n) is 5.23. The largest absolute Gasteiger partial charge is 0.355 e. The average Bonchev–Trinajstić information content (AvgIpc) is 2.69. The molecule has 15 heavy (non-hydrogen) atoms. The van der Waals surface area contributed by atoms with Crippen molar-refractivity contribution >= 4 is 5.91 Å². The van der Waals surface area contributed by atoms with Crippen LogP contribution in [0.1, 0.15) is 26.6 Å². The summed E-state index contributed by atoms with van der Waals surface area (Å²) >= 11 is 0. The van der Waals surface area contributed by atoms with Gasteiger partial charge in [0.15, 0.2) is 0 Å². The summed E-state index contributed by atoms with van der Waals surface area (Å²) in [5.74, 6) is 1.33. The minimum atomic E-state index is 0.0553. The molecule has 0 aromatic carbocycles. The second-order valence-electron chi connectivity index (χ2n) is 4.01. The third-order valence-corrected chi connectivity index (χ3v) is 2.54. The third kappa shape index (κ3) is 3.69. The van der Waals surface area contributed by atoms with Crippen LogP contribution >= 0.6 is 0 Å². The number of rotatable bonds is 5. The molecule has 0 radical (unpaired) electrons. The molecule has 0 spiro atoms. The molecule has 1 atom stereocenters. The fraction of sp³-hybridized carbons (Fsp3) is 0.700. The zero-order valence-corrected chi connectivity index (χ0v) is 9.45. The van der Waals surface area contributed by atoms with Gasteiger partial charge in [-0.2, -0.15) is 5.10 Å². The van der Waals surface area contributed by atoms with Crippen LogP contribution in [0.3, 0.4) is 0 Å². The molecule has 1 heterocycles. The third-order valence-electron chi connectivity index (χ3n) is 2.54. The van der Waals surface area contributed by atoms with Crippen LogP contribution in [0.15, 0.2) is 6.33 Å². The maximum atomic E-state index is 11.6. The molecule has 1 unspecified atom stereocenters. The van der Waals surface area contributed by atoms with E-state index in [1.807, 2.05) is 20.8 Å². The van der Waals surface area contributed by atoms with E-state index in [4.69, 9.17) is 0 Å². The molecule has 0 aliphatic carbocycles. The second-order valence-corrected chi connectivity index (χ2v) is 4.01. The zero-order chi connectivity index (χ0) is 11.3. The summed E-state index contributed by atoms with van der Waals surface area (Å²) in [6.07, 6.45) is 2.16. The molecular weight excluding hydrogens is 192 g/mol. The number of amides is 1. The number of aromatic nitrogens is 3. The Balaban J connectivity index is 2.23. The van der Waals surface area contributed by atoms with Gasteiger partial charge in [0.05, 0.1) is 0 Å². The summed E-state index contributed by atoms with van der Waals surface area (Å²) in [6, 6.07) is 0. The van der Waals surface area contributed by atoms with Crippen molar-refractivity contribution in [2.24, 2.45) is 11.8 Å². The van der Waals surface area contributed by atoms with Crippen molar-refractivity contribution in [3.8, 4) is 0 Å². The maximum Gasteiger partial charge on any atom is 0.223 e. The van der Waals surface area contributed by atoms with E-state index in [0.29, 0.717) is 18.9 Å². The highest BCUT2D eigenvalue weighted by Gasteiger charge is 2.15. The number of hydrogen-bond acceptors (Lipinski definition) is 3. The van der Waals surface area contributed by atoms with Crippen molar-refractivity contribution in [2.75, 3.05) is 6.54 Å². The van der Waals surface area contributed by atoms with Crippen molar-refractivity contribution in [1.82, 2.24) is 20.5 Å². The normalized spacial score (nSPS) is 12.8. The highest BCUT2D eigenvalue weighted by atomic mass is 16.1. The predicted octanol–water partition coefficient (Wildman–Crippen LogP) is 0.755. The number of hydrogen-bond donors (Lipinski definition) is 2. The lowest BCUT2D eigenvalue weighted by atomic mass is 9.97. The number of nitrogens with one attached hydrogen (secondary N) is 2. The molecule has 0 saturated heterocycles. The van der Waals surface area contributed by atoms with Crippen LogP contribution in [0.25, 0.3) is 0 Å². The summed E-state index contributed by atoms with van der Waals surface area (Å²) < 4.78 is 0. The molecular formula is C10H18N4O. The molecule has 0 aliphatic heterocycles. The highest BCUT2D eigenvalue weighted by Crippen LogP contribution is 2.08. The Bertz CT molecular complexity index is 294. The predicted molar refractivity (Wildman–Crippen MR) is 57.1 cm³/mol. The van der Waals surface area contributed by atoms with Gasteiger partial charge in [-0.15, -0.1) is 0 Å². The molecule has 2 N–H and O–H groups in total. The van der Waals surface area contributed by atoms with Crippen LogP contribution in [0.2, 0.25) is 0 Å². The Morgan fingerprint density at radius 3 is 2.80 bits per heavy atom. The lowest BCUT2D eigenvalue weighted by molar-refractivity contribution is -0.125. The minimum absolute atomic E-state index is 0.0553. The van der Waals surface area contributed by atoms with Gasteiger partial charge in [-0.05, 0) is 5.92 Å². The Kier molecular flexibility index (Phi) is 4.27. The summed E-state index contributed by atoms with van der Waals surface area (Å²) in [7, 11) is 0. The Morgan fingerprint density at radius 1 is 1.53 bits per heavy atom. The molecule has 1 aromatic heterocycles. The van der Waals surface area contributed by atoms with Gasteiger partial charge < -0.3 is 5.32 Å². The van der Waals surface area contributed by atoms with Gasteiger partial charge in [0.25, 0.3) is 0 Å². The smallest absolute Gasteiger partial charge is 0.223 e. The lowest BCUT2D eigenvalue weighted by Crippen LogP contribution is -2.33. The van der Waals surface area contributed by atoms with Crippen molar-refractivity contribution in [2.45, 2.75) is 27.2 Å². The quantitative estimate of drug-likeness (QED) is 0.753. The van der Waals surface area contributed by atoms with E-state index in [9.17, 15) is 4.79 Å². The van der Waals surface area contributed by atoms with Gasteiger partial charge in [0, 0.05) is 18.9 Å². The molecule has 1 amide bonds. The van der Waals surface area contributed by atoms with E-state index in [1.54, 1.807) is 0 Å².